The Morgan fingerprint density at radius 1 is 1.16 bits per heavy atom. The van der Waals surface area contributed by atoms with Gasteiger partial charge in [-0.05, 0) is 43.5 Å². The van der Waals surface area contributed by atoms with Crippen LogP contribution in [0.5, 0.6) is 0 Å². The van der Waals surface area contributed by atoms with Crippen LogP contribution in [0.15, 0.2) is 30.5 Å². The molecule has 0 unspecified atom stereocenters. The van der Waals surface area contributed by atoms with Gasteiger partial charge in [0, 0.05) is 36.8 Å². The van der Waals surface area contributed by atoms with Crippen LogP contribution in [0.4, 0.5) is 0 Å². The van der Waals surface area contributed by atoms with E-state index in [-0.39, 0.29) is 0 Å². The summed E-state index contributed by atoms with van der Waals surface area (Å²) in [5, 5.41) is 13.5. The number of nitrogens with zero attached hydrogens (tertiary/aromatic N) is 1. The monoisotopic (exact) mass is 260 g/mol. The topological polar surface area (TPSA) is 37.2 Å². The third-order valence-corrected chi connectivity index (χ3v) is 3.53. The number of hydrogen-bond acceptors (Lipinski definition) is 2. The maximum Gasteiger partial charge on any atom is 0.0483 e. The van der Waals surface area contributed by atoms with Gasteiger partial charge in [0.25, 0.3) is 0 Å². The number of aromatic nitrogens is 1. The number of aliphatic hydroxyl groups is 1. The van der Waals surface area contributed by atoms with Gasteiger partial charge in [-0.25, -0.2) is 0 Å². The Morgan fingerprint density at radius 3 is 2.84 bits per heavy atom. The van der Waals surface area contributed by atoms with E-state index in [4.69, 9.17) is 5.11 Å². The molecule has 0 atom stereocenters. The van der Waals surface area contributed by atoms with Crippen molar-refractivity contribution in [2.75, 3.05) is 13.2 Å². The molecule has 0 aliphatic heterocycles. The quantitative estimate of drug-likeness (QED) is 0.716. The van der Waals surface area contributed by atoms with Gasteiger partial charge < -0.3 is 15.0 Å². The number of unbranched alkanes of at least 4 members (excludes halogenated alkanes) is 2. The lowest BCUT2D eigenvalue weighted by Gasteiger charge is -2.07. The first-order valence-electron chi connectivity index (χ1n) is 7.25. The minimum atomic E-state index is 0.305. The first-order chi connectivity index (χ1) is 9.36. The molecular formula is C16H24N2O. The molecule has 1 aromatic heterocycles. The van der Waals surface area contributed by atoms with Gasteiger partial charge >= 0.3 is 0 Å². The zero-order valence-electron chi connectivity index (χ0n) is 11.7. The third-order valence-electron chi connectivity index (χ3n) is 3.53. The van der Waals surface area contributed by atoms with E-state index in [2.05, 4.69) is 47.3 Å². The molecule has 0 amide bonds. The summed E-state index contributed by atoms with van der Waals surface area (Å²) in [6.07, 6.45) is 5.30. The van der Waals surface area contributed by atoms with E-state index < -0.39 is 0 Å². The first kappa shape index (κ1) is 14.1. The maximum absolute atomic E-state index is 8.80. The van der Waals surface area contributed by atoms with Gasteiger partial charge in [0.15, 0.2) is 0 Å². The van der Waals surface area contributed by atoms with Crippen LogP contribution in [-0.2, 0) is 13.1 Å². The molecule has 2 N–H and O–H groups in total. The standard InChI is InChI=1S/C16H24N2O/c1-2-17-13-14-7-6-8-16-15(14)9-11-18(16)10-4-3-5-12-19/h6-9,11,17,19H,2-5,10,12-13H2,1H3. The Labute approximate surface area is 115 Å². The van der Waals surface area contributed by atoms with Crippen LogP contribution in [0.25, 0.3) is 10.9 Å². The summed E-state index contributed by atoms with van der Waals surface area (Å²) < 4.78 is 2.32. The van der Waals surface area contributed by atoms with Crippen LogP contribution in [0.3, 0.4) is 0 Å². The summed E-state index contributed by atoms with van der Waals surface area (Å²) in [5.74, 6) is 0. The number of nitrogens with one attached hydrogen (secondary N) is 1. The van der Waals surface area contributed by atoms with E-state index in [0.717, 1.165) is 38.9 Å². The highest BCUT2D eigenvalue weighted by Gasteiger charge is 2.04. The van der Waals surface area contributed by atoms with E-state index in [9.17, 15) is 0 Å². The number of aryl methyl sites for hydroxylation is 1. The van der Waals surface area contributed by atoms with Crippen LogP contribution < -0.4 is 5.32 Å². The summed E-state index contributed by atoms with van der Waals surface area (Å²) in [6, 6.07) is 8.74. The highest BCUT2D eigenvalue weighted by Crippen LogP contribution is 2.21. The summed E-state index contributed by atoms with van der Waals surface area (Å²) in [7, 11) is 0. The Kier molecular flexibility index (Phi) is 5.43. The minimum absolute atomic E-state index is 0.305. The highest BCUT2D eigenvalue weighted by atomic mass is 16.2. The molecule has 104 valence electrons. The lowest BCUT2D eigenvalue weighted by atomic mass is 10.1. The highest BCUT2D eigenvalue weighted by molar-refractivity contribution is 5.83. The lowest BCUT2D eigenvalue weighted by Crippen LogP contribution is -2.11. The summed E-state index contributed by atoms with van der Waals surface area (Å²) in [6.45, 7) is 5.40. The van der Waals surface area contributed by atoms with Crippen molar-refractivity contribution < 1.29 is 5.11 Å². The summed E-state index contributed by atoms with van der Waals surface area (Å²) >= 11 is 0. The van der Waals surface area contributed by atoms with Crippen molar-refractivity contribution in [3.63, 3.8) is 0 Å². The van der Waals surface area contributed by atoms with Crippen LogP contribution in [-0.4, -0.2) is 22.8 Å². The second kappa shape index (κ2) is 7.31. The summed E-state index contributed by atoms with van der Waals surface area (Å²) in [4.78, 5) is 0. The van der Waals surface area contributed by atoms with Gasteiger partial charge in [-0.2, -0.15) is 0 Å². The van der Waals surface area contributed by atoms with Gasteiger partial charge in [-0.15, -0.1) is 0 Å². The first-order valence-corrected chi connectivity index (χ1v) is 7.25. The van der Waals surface area contributed by atoms with E-state index >= 15 is 0 Å². The molecule has 1 aromatic carbocycles. The van der Waals surface area contributed by atoms with Gasteiger partial charge in [0.2, 0.25) is 0 Å². The molecular weight excluding hydrogens is 236 g/mol. The Bertz CT molecular complexity index is 504. The van der Waals surface area contributed by atoms with Crippen molar-refractivity contribution in [3.8, 4) is 0 Å². The predicted molar refractivity (Wildman–Crippen MR) is 80.3 cm³/mol. The molecule has 19 heavy (non-hydrogen) atoms. The van der Waals surface area contributed by atoms with Crippen molar-refractivity contribution in [2.24, 2.45) is 0 Å². The lowest BCUT2D eigenvalue weighted by molar-refractivity contribution is 0.282. The smallest absolute Gasteiger partial charge is 0.0483 e. The van der Waals surface area contributed by atoms with E-state index in [1.165, 1.54) is 16.5 Å². The molecule has 0 saturated heterocycles. The number of hydrogen-bond donors (Lipinski definition) is 2. The van der Waals surface area contributed by atoms with Crippen molar-refractivity contribution in [1.29, 1.82) is 0 Å². The Morgan fingerprint density at radius 2 is 2.05 bits per heavy atom. The molecule has 2 rings (SSSR count). The Balaban J connectivity index is 2.09. The predicted octanol–water partition coefficient (Wildman–Crippen LogP) is 2.91. The third kappa shape index (κ3) is 3.58. The molecule has 3 heteroatoms. The SMILES string of the molecule is CCNCc1cccc2c1ccn2CCCCCO. The zero-order valence-corrected chi connectivity index (χ0v) is 11.7. The molecule has 0 aliphatic rings. The Hall–Kier alpha value is -1.32. The fourth-order valence-electron chi connectivity index (χ4n) is 2.47. The maximum atomic E-state index is 8.80. The van der Waals surface area contributed by atoms with Crippen LogP contribution in [0.2, 0.25) is 0 Å². The molecule has 2 aromatic rings. The van der Waals surface area contributed by atoms with Gasteiger partial charge in [0.1, 0.15) is 0 Å². The number of fused-ring (bicyclic) bond motifs is 1. The van der Waals surface area contributed by atoms with Crippen LogP contribution >= 0.6 is 0 Å². The van der Waals surface area contributed by atoms with E-state index in [1.54, 1.807) is 0 Å². The normalized spacial score (nSPS) is 11.3. The molecule has 0 fully saturated rings. The second-order valence-corrected chi connectivity index (χ2v) is 4.92. The number of benzene rings is 1. The molecule has 1 heterocycles. The molecule has 0 spiro atoms. The average molecular weight is 260 g/mol. The van der Waals surface area contributed by atoms with Gasteiger partial charge in [-0.3, -0.25) is 0 Å². The fourth-order valence-corrected chi connectivity index (χ4v) is 2.47. The van der Waals surface area contributed by atoms with E-state index in [0.29, 0.717) is 6.61 Å². The van der Waals surface area contributed by atoms with Gasteiger partial charge in [0.05, 0.1) is 0 Å². The zero-order chi connectivity index (χ0) is 13.5. The molecule has 0 saturated carbocycles. The molecule has 3 nitrogen and oxygen atoms in total. The average Bonchev–Trinajstić information content (AvgIpc) is 2.85. The molecule has 0 aliphatic carbocycles. The minimum Gasteiger partial charge on any atom is -0.396 e. The number of aliphatic hydroxyl groups excluding tert-OH is 1. The van der Waals surface area contributed by atoms with Crippen molar-refractivity contribution >= 4 is 10.9 Å². The largest absolute Gasteiger partial charge is 0.396 e. The molecule has 0 bridgehead atoms. The molecule has 0 radical (unpaired) electrons. The van der Waals surface area contributed by atoms with Crippen molar-refractivity contribution in [3.05, 3.63) is 36.0 Å². The van der Waals surface area contributed by atoms with Crippen LogP contribution in [0, 0.1) is 0 Å². The van der Waals surface area contributed by atoms with Gasteiger partial charge in [-0.1, -0.05) is 19.1 Å². The summed E-state index contributed by atoms with van der Waals surface area (Å²) in [5.41, 5.74) is 2.69. The van der Waals surface area contributed by atoms with Crippen molar-refractivity contribution in [2.45, 2.75) is 39.3 Å². The number of rotatable bonds is 8. The van der Waals surface area contributed by atoms with E-state index in [1.807, 2.05) is 0 Å². The van der Waals surface area contributed by atoms with Crippen molar-refractivity contribution in [1.82, 2.24) is 9.88 Å². The van der Waals surface area contributed by atoms with Crippen LogP contribution in [0.1, 0.15) is 31.7 Å². The second-order valence-electron chi connectivity index (χ2n) is 4.92. The fraction of sp³-hybridized carbons (Fsp3) is 0.500.